The van der Waals surface area contributed by atoms with E-state index in [-0.39, 0.29) is 0 Å². The molecule has 20 heavy (non-hydrogen) atoms. The summed E-state index contributed by atoms with van der Waals surface area (Å²) in [5.74, 6) is 0. The number of nitrogens with zero attached hydrogens (tertiary/aromatic N) is 1. The molecule has 0 aliphatic heterocycles. The van der Waals surface area contributed by atoms with E-state index < -0.39 is 10.0 Å². The molecule has 0 fully saturated rings. The van der Waals surface area contributed by atoms with Gasteiger partial charge in [-0.05, 0) is 47.9 Å². The molecule has 1 N–H and O–H groups in total. The monoisotopic (exact) mass is 285 g/mol. The highest BCUT2D eigenvalue weighted by Gasteiger charge is 2.04. The molecule has 4 nitrogen and oxygen atoms in total. The van der Waals surface area contributed by atoms with Crippen LogP contribution < -0.4 is 4.72 Å². The Morgan fingerprint density at radius 1 is 1.10 bits per heavy atom. The number of aromatic nitrogens is 1. The number of benzene rings is 2. The van der Waals surface area contributed by atoms with E-state index >= 15 is 0 Å². The molecule has 5 heteroatoms. The molecule has 0 amide bonds. The van der Waals surface area contributed by atoms with Crippen molar-refractivity contribution in [3.63, 3.8) is 0 Å². The topological polar surface area (TPSA) is 51.1 Å². The number of hydrogen-bond donors (Lipinski definition) is 1. The highest BCUT2D eigenvalue weighted by Crippen LogP contribution is 2.21. The first-order valence-electron chi connectivity index (χ1n) is 6.08. The molecule has 3 rings (SSSR count). The van der Waals surface area contributed by atoms with E-state index in [0.717, 1.165) is 22.8 Å². The van der Waals surface area contributed by atoms with Gasteiger partial charge in [-0.3, -0.25) is 4.72 Å². The van der Waals surface area contributed by atoms with Gasteiger partial charge in [-0.2, -0.15) is 0 Å². The van der Waals surface area contributed by atoms with Crippen molar-refractivity contribution in [1.29, 1.82) is 0 Å². The zero-order chi connectivity index (χ0) is 14.2. The molecule has 0 bridgehead atoms. The van der Waals surface area contributed by atoms with E-state index in [1.807, 2.05) is 47.2 Å². The highest BCUT2D eigenvalue weighted by atomic mass is 32.2. The number of anilines is 1. The maximum atomic E-state index is 11.2. The molecular weight excluding hydrogens is 272 g/mol. The van der Waals surface area contributed by atoms with Crippen LogP contribution in [-0.2, 0) is 10.0 Å². The highest BCUT2D eigenvalue weighted by molar-refractivity contribution is 7.92. The fraction of sp³-hybridized carbons (Fsp3) is 0.0667. The Labute approximate surface area is 117 Å². The summed E-state index contributed by atoms with van der Waals surface area (Å²) >= 11 is 0. The minimum atomic E-state index is -3.24. The molecule has 0 saturated heterocycles. The fourth-order valence-corrected chi connectivity index (χ4v) is 2.71. The summed E-state index contributed by atoms with van der Waals surface area (Å²) < 4.78 is 26.8. The van der Waals surface area contributed by atoms with Crippen LogP contribution in [-0.4, -0.2) is 19.2 Å². The molecule has 0 atom stereocenters. The minimum Gasteiger partial charge on any atom is -0.317 e. The number of hydrogen-bond acceptors (Lipinski definition) is 2. The van der Waals surface area contributed by atoms with Crippen LogP contribution >= 0.6 is 0 Å². The molecule has 0 unspecified atom stereocenters. The van der Waals surface area contributed by atoms with Crippen molar-refractivity contribution >= 4 is 26.6 Å². The molecule has 0 spiro atoms. The van der Waals surface area contributed by atoms with E-state index in [0.29, 0.717) is 5.69 Å². The van der Waals surface area contributed by atoms with Gasteiger partial charge in [0.15, 0.2) is 0 Å². The standard InChI is InChI=1S/C15H13N2O2S/c1-20(18,19)16-13-6-8-14(9-7-13)17-11-10-12-4-2-3-5-15(12)17/h2,4-11,16H,1H3. The summed E-state index contributed by atoms with van der Waals surface area (Å²) in [5, 5.41) is 1.14. The maximum Gasteiger partial charge on any atom is 0.229 e. The molecule has 3 aromatic rings. The van der Waals surface area contributed by atoms with Crippen molar-refractivity contribution < 1.29 is 8.42 Å². The summed E-state index contributed by atoms with van der Waals surface area (Å²) in [5.41, 5.74) is 2.59. The Morgan fingerprint density at radius 2 is 1.85 bits per heavy atom. The predicted octanol–water partition coefficient (Wildman–Crippen LogP) is 2.80. The SMILES string of the molecule is CS(=O)(=O)Nc1ccc(-n2ccc3cc[c]cc32)cc1. The van der Waals surface area contributed by atoms with Gasteiger partial charge in [0.1, 0.15) is 0 Å². The van der Waals surface area contributed by atoms with Crippen LogP contribution in [0.25, 0.3) is 16.6 Å². The normalized spacial score (nSPS) is 11.7. The Kier molecular flexibility index (Phi) is 2.99. The predicted molar refractivity (Wildman–Crippen MR) is 80.6 cm³/mol. The Morgan fingerprint density at radius 3 is 2.55 bits per heavy atom. The van der Waals surface area contributed by atoms with Crippen molar-refractivity contribution in [2.24, 2.45) is 0 Å². The van der Waals surface area contributed by atoms with Gasteiger partial charge in [-0.25, -0.2) is 8.42 Å². The summed E-state index contributed by atoms with van der Waals surface area (Å²) in [6, 6.07) is 18.1. The Balaban J connectivity index is 1.99. The number of sulfonamides is 1. The quantitative estimate of drug-likeness (QED) is 0.804. The van der Waals surface area contributed by atoms with Crippen LogP contribution in [0.4, 0.5) is 5.69 Å². The first kappa shape index (κ1) is 12.7. The van der Waals surface area contributed by atoms with Gasteiger partial charge >= 0.3 is 0 Å². The average Bonchev–Trinajstić information content (AvgIpc) is 2.82. The second-order valence-electron chi connectivity index (χ2n) is 4.59. The van der Waals surface area contributed by atoms with Crippen LogP contribution in [0.5, 0.6) is 0 Å². The van der Waals surface area contributed by atoms with E-state index in [1.165, 1.54) is 0 Å². The van der Waals surface area contributed by atoms with Gasteiger partial charge in [0.25, 0.3) is 0 Å². The number of nitrogens with one attached hydrogen (secondary N) is 1. The number of fused-ring (bicyclic) bond motifs is 1. The third kappa shape index (κ3) is 2.53. The van der Waals surface area contributed by atoms with Crippen LogP contribution in [0.15, 0.2) is 54.7 Å². The van der Waals surface area contributed by atoms with Gasteiger partial charge in [-0.1, -0.05) is 12.1 Å². The Bertz CT molecular complexity index is 849. The van der Waals surface area contributed by atoms with E-state index in [1.54, 1.807) is 12.1 Å². The van der Waals surface area contributed by atoms with E-state index in [9.17, 15) is 8.42 Å². The summed E-state index contributed by atoms with van der Waals surface area (Å²) in [7, 11) is -3.24. The minimum absolute atomic E-state index is 0.555. The third-order valence-electron chi connectivity index (χ3n) is 2.99. The first-order chi connectivity index (χ1) is 9.53. The molecule has 0 saturated carbocycles. The van der Waals surface area contributed by atoms with Gasteiger partial charge in [0.2, 0.25) is 10.0 Å². The fourth-order valence-electron chi connectivity index (χ4n) is 2.15. The van der Waals surface area contributed by atoms with Gasteiger partial charge < -0.3 is 4.57 Å². The van der Waals surface area contributed by atoms with Gasteiger partial charge in [-0.15, -0.1) is 0 Å². The zero-order valence-electron chi connectivity index (χ0n) is 10.9. The van der Waals surface area contributed by atoms with Crippen LogP contribution in [0.1, 0.15) is 0 Å². The van der Waals surface area contributed by atoms with Crippen molar-refractivity contribution in [3.05, 3.63) is 60.8 Å². The molecule has 2 aromatic carbocycles. The summed E-state index contributed by atoms with van der Waals surface area (Å²) in [6.45, 7) is 0. The largest absolute Gasteiger partial charge is 0.317 e. The zero-order valence-corrected chi connectivity index (χ0v) is 11.7. The maximum absolute atomic E-state index is 11.2. The lowest BCUT2D eigenvalue weighted by molar-refractivity contribution is 0.607. The lowest BCUT2D eigenvalue weighted by Crippen LogP contribution is -2.09. The van der Waals surface area contributed by atoms with Crippen molar-refractivity contribution in [2.45, 2.75) is 0 Å². The molecule has 0 aliphatic carbocycles. The summed E-state index contributed by atoms with van der Waals surface area (Å²) in [6.07, 6.45) is 3.12. The Hall–Kier alpha value is -2.27. The van der Waals surface area contributed by atoms with Crippen LogP contribution in [0.2, 0.25) is 0 Å². The molecule has 101 valence electrons. The van der Waals surface area contributed by atoms with E-state index in [2.05, 4.69) is 10.8 Å². The van der Waals surface area contributed by atoms with Crippen LogP contribution in [0.3, 0.4) is 0 Å². The molecule has 1 heterocycles. The molecular formula is C15H13N2O2S. The van der Waals surface area contributed by atoms with E-state index in [4.69, 9.17) is 0 Å². The second kappa shape index (κ2) is 4.68. The van der Waals surface area contributed by atoms with Crippen molar-refractivity contribution in [1.82, 2.24) is 4.57 Å². The smallest absolute Gasteiger partial charge is 0.229 e. The van der Waals surface area contributed by atoms with Crippen LogP contribution in [0, 0.1) is 6.07 Å². The van der Waals surface area contributed by atoms with Crippen molar-refractivity contribution in [3.8, 4) is 5.69 Å². The first-order valence-corrected chi connectivity index (χ1v) is 7.97. The average molecular weight is 285 g/mol. The molecule has 0 aliphatic rings. The van der Waals surface area contributed by atoms with Gasteiger partial charge in [0.05, 0.1) is 11.8 Å². The third-order valence-corrected chi connectivity index (χ3v) is 3.59. The molecule has 1 radical (unpaired) electrons. The lowest BCUT2D eigenvalue weighted by atomic mass is 10.2. The second-order valence-corrected chi connectivity index (χ2v) is 6.34. The summed E-state index contributed by atoms with van der Waals surface area (Å²) in [4.78, 5) is 0. The molecule has 1 aromatic heterocycles. The lowest BCUT2D eigenvalue weighted by Gasteiger charge is -2.08. The number of rotatable bonds is 3. The van der Waals surface area contributed by atoms with Gasteiger partial charge in [0, 0.05) is 17.6 Å². The van der Waals surface area contributed by atoms with Crippen molar-refractivity contribution in [2.75, 3.05) is 11.0 Å².